The Labute approximate surface area is 267 Å². The fourth-order valence-electron chi connectivity index (χ4n) is 4.39. The van der Waals surface area contributed by atoms with E-state index in [-0.39, 0.29) is 48.5 Å². The van der Waals surface area contributed by atoms with Crippen molar-refractivity contribution < 1.29 is 73.0 Å². The number of ether oxygens (including phenoxy) is 5. The zero-order valence-corrected chi connectivity index (χ0v) is 25.9. The first kappa shape index (κ1) is 34.1. The fraction of sp³-hybridized carbons (Fsp3) is 0.400. The molecular weight excluding hydrogens is 559 g/mol. The first-order valence-corrected chi connectivity index (χ1v) is 14.1. The average Bonchev–Trinajstić information content (AvgIpc) is 3.00. The van der Waals surface area contributed by atoms with E-state index in [2.05, 4.69) is 9.37 Å². The van der Waals surface area contributed by atoms with E-state index in [4.69, 9.17) is 23.7 Å². The Balaban J connectivity index is 0.00000462. The first-order valence-electron chi connectivity index (χ1n) is 13.2. The summed E-state index contributed by atoms with van der Waals surface area (Å²) < 4.78 is 36.4. The minimum Gasteiger partial charge on any atom is -0.691 e. The number of hydrogen-bond acceptors (Lipinski definition) is 10. The molecule has 0 radical (unpaired) electrons. The predicted molar refractivity (Wildman–Crippen MR) is 146 cm³/mol. The van der Waals surface area contributed by atoms with Gasteiger partial charge in [-0.15, -0.1) is 0 Å². The number of benzene rings is 3. The third kappa shape index (κ3) is 11.3. The molecule has 1 aliphatic heterocycles. The van der Waals surface area contributed by atoms with Gasteiger partial charge in [0.1, 0.15) is 24.4 Å². The van der Waals surface area contributed by atoms with Crippen LogP contribution in [0, 0.1) is 0 Å². The van der Waals surface area contributed by atoms with Gasteiger partial charge < -0.3 is 34.0 Å². The van der Waals surface area contributed by atoms with Crippen LogP contribution in [0.1, 0.15) is 23.1 Å². The summed E-state index contributed by atoms with van der Waals surface area (Å²) in [5.74, 6) is 0.207. The van der Waals surface area contributed by atoms with Crippen LogP contribution < -0.4 is 34.8 Å². The molecule has 216 valence electrons. The minimum atomic E-state index is -0.827. The van der Waals surface area contributed by atoms with E-state index < -0.39 is 30.7 Å². The van der Waals surface area contributed by atoms with Gasteiger partial charge in [-0.25, -0.2) is 0 Å². The smallest absolute Gasteiger partial charge is 0.691 e. The standard InChI is InChI=1S/C30H36O9S.Na/c31-17-10-18-33-30-29(36-21-25-15-8-3-9-16-25)28(35-20-24-13-6-2-7-14-24)27(26(37-30)22-40-39-38-32)34-19-23-11-4-1-5-12-23;/h1-9,11-16,26-32H,10,17-22H2;/q;+1/p-1. The molecule has 5 unspecified atom stereocenters. The molecule has 1 N–H and O–H groups in total. The molecule has 3 aromatic rings. The van der Waals surface area contributed by atoms with Gasteiger partial charge >= 0.3 is 29.6 Å². The molecule has 11 heteroatoms. The Hall–Kier alpha value is -1.35. The van der Waals surface area contributed by atoms with Gasteiger partial charge in [0.05, 0.1) is 32.2 Å². The maximum Gasteiger partial charge on any atom is 1.00 e. The second kappa shape index (κ2) is 19.8. The zero-order valence-electron chi connectivity index (χ0n) is 23.1. The van der Waals surface area contributed by atoms with Crippen molar-refractivity contribution in [2.45, 2.75) is 56.9 Å². The van der Waals surface area contributed by atoms with Crippen LogP contribution in [0.5, 0.6) is 0 Å². The summed E-state index contributed by atoms with van der Waals surface area (Å²) in [6, 6.07) is 29.4. The maximum absolute atomic E-state index is 10.5. The summed E-state index contributed by atoms with van der Waals surface area (Å²) in [5.41, 5.74) is 2.96. The van der Waals surface area contributed by atoms with Crippen molar-refractivity contribution >= 4 is 12.0 Å². The van der Waals surface area contributed by atoms with E-state index in [1.54, 1.807) is 0 Å². The number of rotatable bonds is 17. The second-order valence-electron chi connectivity index (χ2n) is 9.20. The second-order valence-corrected chi connectivity index (χ2v) is 9.90. The van der Waals surface area contributed by atoms with Gasteiger partial charge in [-0.1, -0.05) is 91.0 Å². The largest absolute Gasteiger partial charge is 1.00 e. The molecule has 0 saturated carbocycles. The molecule has 0 aliphatic carbocycles. The van der Waals surface area contributed by atoms with Gasteiger partial charge in [0.25, 0.3) is 0 Å². The molecule has 41 heavy (non-hydrogen) atoms. The number of aliphatic hydroxyl groups excluding tert-OH is 1. The molecule has 1 aliphatic rings. The summed E-state index contributed by atoms with van der Waals surface area (Å²) in [6.07, 6.45) is -2.88. The Kier molecular flexibility index (Phi) is 16.5. The van der Waals surface area contributed by atoms with E-state index in [0.717, 1.165) is 28.7 Å². The Morgan fingerprint density at radius 3 is 1.66 bits per heavy atom. The van der Waals surface area contributed by atoms with Gasteiger partial charge in [0.15, 0.2) is 6.29 Å². The van der Waals surface area contributed by atoms with E-state index in [1.165, 1.54) is 0 Å². The summed E-state index contributed by atoms with van der Waals surface area (Å²) in [7, 11) is 0. The normalized spacial score (nSPS) is 22.2. The minimum absolute atomic E-state index is 0. The summed E-state index contributed by atoms with van der Waals surface area (Å²) in [4.78, 5) is 0. The third-order valence-corrected chi connectivity index (χ3v) is 6.96. The molecule has 1 fully saturated rings. The van der Waals surface area contributed by atoms with Gasteiger partial charge in [-0.2, -0.15) is 4.33 Å². The molecule has 3 aromatic carbocycles. The van der Waals surface area contributed by atoms with Gasteiger partial charge in [-0.05, 0) is 23.1 Å². The van der Waals surface area contributed by atoms with Crippen LogP contribution in [0.4, 0.5) is 0 Å². The Morgan fingerprint density at radius 1 is 0.683 bits per heavy atom. The average molecular weight is 595 g/mol. The van der Waals surface area contributed by atoms with Gasteiger partial charge in [0.2, 0.25) is 0 Å². The molecule has 1 saturated heterocycles. The van der Waals surface area contributed by atoms with Crippen molar-refractivity contribution in [3.05, 3.63) is 108 Å². The van der Waals surface area contributed by atoms with Crippen LogP contribution in [0.15, 0.2) is 91.0 Å². The molecule has 0 bridgehead atoms. The SMILES string of the molecule is [Na+].[O-]OOSCC1OC(OCCCO)C(OCc2ccccc2)C(OCc2ccccc2)C1OCc1ccccc1. The molecule has 5 atom stereocenters. The molecule has 9 nitrogen and oxygen atoms in total. The fourth-order valence-corrected chi connectivity index (χ4v) is 4.89. The van der Waals surface area contributed by atoms with Gasteiger partial charge in [-0.3, -0.25) is 5.04 Å². The molecule has 0 amide bonds. The van der Waals surface area contributed by atoms with Crippen LogP contribution in [-0.2, 0) is 52.9 Å². The summed E-state index contributed by atoms with van der Waals surface area (Å²) in [6.45, 7) is 1.16. The quantitative estimate of drug-likeness (QED) is 0.0791. The van der Waals surface area contributed by atoms with Crippen molar-refractivity contribution in [3.63, 3.8) is 0 Å². The predicted octanol–water partition coefficient (Wildman–Crippen LogP) is 0.742. The van der Waals surface area contributed by atoms with Crippen LogP contribution in [0.3, 0.4) is 0 Å². The summed E-state index contributed by atoms with van der Waals surface area (Å²) in [5, 5.41) is 23.4. The van der Waals surface area contributed by atoms with Crippen molar-refractivity contribution in [3.8, 4) is 0 Å². The van der Waals surface area contributed by atoms with Crippen molar-refractivity contribution in [1.29, 1.82) is 0 Å². The van der Waals surface area contributed by atoms with E-state index in [1.807, 2.05) is 91.0 Å². The Bertz CT molecular complexity index is 1000. The molecule has 4 rings (SSSR count). The van der Waals surface area contributed by atoms with Crippen LogP contribution in [0.25, 0.3) is 0 Å². The zero-order chi connectivity index (χ0) is 27.8. The van der Waals surface area contributed by atoms with E-state index in [9.17, 15) is 10.4 Å². The topological polar surface area (TPSA) is 108 Å². The van der Waals surface area contributed by atoms with Crippen molar-refractivity contribution in [2.24, 2.45) is 0 Å². The van der Waals surface area contributed by atoms with Crippen molar-refractivity contribution in [1.82, 2.24) is 0 Å². The van der Waals surface area contributed by atoms with Crippen LogP contribution in [-0.4, -0.2) is 54.8 Å². The molecule has 0 spiro atoms. The Morgan fingerprint density at radius 2 is 1.17 bits per heavy atom. The van der Waals surface area contributed by atoms with E-state index in [0.29, 0.717) is 26.2 Å². The maximum atomic E-state index is 10.5. The van der Waals surface area contributed by atoms with E-state index >= 15 is 0 Å². The molecule has 1 heterocycles. The molecular formula is C30H35NaO9S. The third-order valence-electron chi connectivity index (χ3n) is 6.34. The van der Waals surface area contributed by atoms with Crippen LogP contribution >= 0.6 is 12.0 Å². The first-order chi connectivity index (χ1) is 19.8. The van der Waals surface area contributed by atoms with Gasteiger partial charge in [0, 0.05) is 18.6 Å². The summed E-state index contributed by atoms with van der Waals surface area (Å²) >= 11 is 0.812. The molecule has 0 aromatic heterocycles. The number of hydrogen-bond donors (Lipinski definition) is 1. The number of aliphatic hydroxyl groups is 1. The monoisotopic (exact) mass is 594 g/mol. The van der Waals surface area contributed by atoms with Crippen molar-refractivity contribution in [2.75, 3.05) is 19.0 Å². The van der Waals surface area contributed by atoms with Crippen LogP contribution in [0.2, 0.25) is 0 Å².